The van der Waals surface area contributed by atoms with Gasteiger partial charge in [0.05, 0.1) is 18.2 Å². The van der Waals surface area contributed by atoms with Crippen LogP contribution in [0.4, 0.5) is 5.82 Å². The van der Waals surface area contributed by atoms with Gasteiger partial charge in [-0.05, 0) is 30.5 Å². The van der Waals surface area contributed by atoms with Crippen molar-refractivity contribution in [3.8, 4) is 6.07 Å². The van der Waals surface area contributed by atoms with Crippen molar-refractivity contribution in [3.05, 3.63) is 45.8 Å². The molecule has 0 fully saturated rings. The molecule has 0 aromatic carbocycles. The summed E-state index contributed by atoms with van der Waals surface area (Å²) in [4.78, 5) is 5.58. The lowest BCUT2D eigenvalue weighted by atomic mass is 10.2. The van der Waals surface area contributed by atoms with Crippen molar-refractivity contribution < 1.29 is 0 Å². The van der Waals surface area contributed by atoms with Crippen LogP contribution < -0.4 is 5.32 Å². The summed E-state index contributed by atoms with van der Waals surface area (Å²) in [6.07, 6.45) is 0. The Morgan fingerprint density at radius 3 is 3.06 bits per heavy atom. The second kappa shape index (κ2) is 4.77. The van der Waals surface area contributed by atoms with Gasteiger partial charge in [0.1, 0.15) is 5.82 Å². The molecule has 0 saturated carbocycles. The molecule has 80 valence electrons. The highest BCUT2D eigenvalue weighted by atomic mass is 32.1. The number of anilines is 1. The first kappa shape index (κ1) is 10.7. The monoisotopic (exact) mass is 229 g/mol. The van der Waals surface area contributed by atoms with Gasteiger partial charge in [-0.15, -0.1) is 11.3 Å². The molecule has 2 rings (SSSR count). The van der Waals surface area contributed by atoms with Crippen molar-refractivity contribution in [2.75, 3.05) is 5.32 Å². The number of nitrogens with one attached hydrogen (secondary N) is 1. The van der Waals surface area contributed by atoms with Crippen LogP contribution in [0.2, 0.25) is 0 Å². The Labute approximate surface area is 98.4 Å². The largest absolute Gasteiger partial charge is 0.365 e. The number of aryl methyl sites for hydroxylation is 1. The molecule has 0 aliphatic rings. The number of hydrogen-bond donors (Lipinski definition) is 1. The Kier molecular flexibility index (Phi) is 3.18. The van der Waals surface area contributed by atoms with Crippen molar-refractivity contribution >= 4 is 17.2 Å². The average Bonchev–Trinajstić information content (AvgIpc) is 2.78. The fraction of sp³-hybridized carbons (Fsp3) is 0.167. The van der Waals surface area contributed by atoms with Gasteiger partial charge in [-0.1, -0.05) is 6.07 Å². The van der Waals surface area contributed by atoms with Gasteiger partial charge in [0.2, 0.25) is 0 Å². The van der Waals surface area contributed by atoms with Crippen molar-refractivity contribution in [1.82, 2.24) is 4.98 Å². The molecule has 0 bridgehead atoms. The topological polar surface area (TPSA) is 48.7 Å². The molecule has 0 aliphatic heterocycles. The van der Waals surface area contributed by atoms with E-state index >= 15 is 0 Å². The fourth-order valence-corrected chi connectivity index (χ4v) is 2.06. The van der Waals surface area contributed by atoms with Crippen LogP contribution in [-0.2, 0) is 6.54 Å². The highest BCUT2D eigenvalue weighted by Gasteiger charge is 2.00. The van der Waals surface area contributed by atoms with Gasteiger partial charge in [0.15, 0.2) is 0 Å². The van der Waals surface area contributed by atoms with Gasteiger partial charge >= 0.3 is 0 Å². The molecule has 2 aromatic rings. The quantitative estimate of drug-likeness (QED) is 0.880. The minimum absolute atomic E-state index is 0.640. The molecule has 1 N–H and O–H groups in total. The highest BCUT2D eigenvalue weighted by molar-refractivity contribution is 7.09. The summed E-state index contributed by atoms with van der Waals surface area (Å²) in [7, 11) is 0. The van der Waals surface area contributed by atoms with Gasteiger partial charge in [-0.25, -0.2) is 4.98 Å². The van der Waals surface area contributed by atoms with E-state index in [1.54, 1.807) is 23.5 Å². The van der Waals surface area contributed by atoms with Gasteiger partial charge in [0, 0.05) is 10.6 Å². The van der Waals surface area contributed by atoms with Crippen LogP contribution in [-0.4, -0.2) is 4.98 Å². The lowest BCUT2D eigenvalue weighted by molar-refractivity contribution is 1.11. The van der Waals surface area contributed by atoms with Crippen LogP contribution in [0.1, 0.15) is 16.1 Å². The molecule has 0 spiro atoms. The lowest BCUT2D eigenvalue weighted by Gasteiger charge is -2.05. The predicted octanol–water partition coefficient (Wildman–Crippen LogP) is 2.94. The van der Waals surface area contributed by atoms with Gasteiger partial charge in [0.25, 0.3) is 0 Å². The zero-order chi connectivity index (χ0) is 11.4. The molecule has 2 heterocycles. The molecule has 16 heavy (non-hydrogen) atoms. The molecule has 4 heteroatoms. The maximum absolute atomic E-state index is 8.84. The first-order chi connectivity index (χ1) is 7.78. The number of hydrogen-bond acceptors (Lipinski definition) is 4. The Hall–Kier alpha value is -1.86. The molecular formula is C12H11N3S. The van der Waals surface area contributed by atoms with Crippen molar-refractivity contribution in [1.29, 1.82) is 5.26 Å². The maximum Gasteiger partial charge on any atom is 0.127 e. The van der Waals surface area contributed by atoms with E-state index in [0.29, 0.717) is 5.56 Å². The Morgan fingerprint density at radius 2 is 2.38 bits per heavy atom. The maximum atomic E-state index is 8.84. The smallest absolute Gasteiger partial charge is 0.127 e. The molecular weight excluding hydrogens is 218 g/mol. The minimum atomic E-state index is 0.640. The second-order valence-electron chi connectivity index (χ2n) is 3.43. The van der Waals surface area contributed by atoms with E-state index in [-0.39, 0.29) is 0 Å². The van der Waals surface area contributed by atoms with Crippen molar-refractivity contribution in [3.63, 3.8) is 0 Å². The minimum Gasteiger partial charge on any atom is -0.365 e. The van der Waals surface area contributed by atoms with Gasteiger partial charge in [-0.3, -0.25) is 0 Å². The van der Waals surface area contributed by atoms with E-state index in [1.165, 1.54) is 4.88 Å². The van der Waals surface area contributed by atoms with Crippen molar-refractivity contribution in [2.24, 2.45) is 0 Å². The standard InChI is InChI=1S/C12H11N3S/c1-9-5-10(7-13)6-12(15-9)14-8-11-3-2-4-16-11/h2-6H,8H2,1H3,(H,14,15). The van der Waals surface area contributed by atoms with Crippen LogP contribution in [0.15, 0.2) is 29.6 Å². The number of thiophene rings is 1. The third-order valence-electron chi connectivity index (χ3n) is 2.11. The first-order valence-electron chi connectivity index (χ1n) is 4.93. The van der Waals surface area contributed by atoms with Crippen LogP contribution in [0.25, 0.3) is 0 Å². The van der Waals surface area contributed by atoms with Gasteiger partial charge < -0.3 is 5.32 Å². The highest BCUT2D eigenvalue weighted by Crippen LogP contribution is 2.13. The number of nitriles is 1. The van der Waals surface area contributed by atoms with E-state index in [2.05, 4.69) is 22.4 Å². The summed E-state index contributed by atoms with van der Waals surface area (Å²) < 4.78 is 0. The average molecular weight is 229 g/mol. The number of aromatic nitrogens is 1. The van der Waals surface area contributed by atoms with Crippen LogP contribution in [0.3, 0.4) is 0 Å². The van der Waals surface area contributed by atoms with Crippen LogP contribution >= 0.6 is 11.3 Å². The molecule has 3 nitrogen and oxygen atoms in total. The van der Waals surface area contributed by atoms with Crippen LogP contribution in [0.5, 0.6) is 0 Å². The van der Waals surface area contributed by atoms with E-state index in [1.807, 2.05) is 18.4 Å². The summed E-state index contributed by atoms with van der Waals surface area (Å²) >= 11 is 1.70. The predicted molar refractivity (Wildman–Crippen MR) is 65.3 cm³/mol. The van der Waals surface area contributed by atoms with Crippen LogP contribution in [0, 0.1) is 18.3 Å². The Balaban J connectivity index is 2.10. The normalized spacial score (nSPS) is 9.75. The summed E-state index contributed by atoms with van der Waals surface area (Å²) in [5.41, 5.74) is 1.49. The summed E-state index contributed by atoms with van der Waals surface area (Å²) in [5, 5.41) is 14.1. The third-order valence-corrected chi connectivity index (χ3v) is 2.98. The Bertz CT molecular complexity index is 512. The summed E-state index contributed by atoms with van der Waals surface area (Å²) in [5.74, 6) is 0.755. The number of nitrogens with zero attached hydrogens (tertiary/aromatic N) is 2. The SMILES string of the molecule is Cc1cc(C#N)cc(NCc2cccs2)n1. The molecule has 0 radical (unpaired) electrons. The van der Waals surface area contributed by atoms with Crippen molar-refractivity contribution in [2.45, 2.75) is 13.5 Å². The number of pyridine rings is 1. The zero-order valence-electron chi connectivity index (χ0n) is 8.90. The van der Waals surface area contributed by atoms with Gasteiger partial charge in [-0.2, -0.15) is 5.26 Å². The Morgan fingerprint density at radius 1 is 1.50 bits per heavy atom. The summed E-state index contributed by atoms with van der Waals surface area (Å²) in [6.45, 7) is 2.64. The van der Waals surface area contributed by atoms with E-state index in [0.717, 1.165) is 18.1 Å². The molecule has 0 atom stereocenters. The van der Waals surface area contributed by atoms with E-state index in [9.17, 15) is 0 Å². The molecule has 0 aliphatic carbocycles. The summed E-state index contributed by atoms with van der Waals surface area (Å²) in [6, 6.07) is 9.75. The lowest BCUT2D eigenvalue weighted by Crippen LogP contribution is -2.01. The molecule has 0 unspecified atom stereocenters. The second-order valence-corrected chi connectivity index (χ2v) is 4.46. The number of rotatable bonds is 3. The fourth-order valence-electron chi connectivity index (χ4n) is 1.41. The molecule has 0 saturated heterocycles. The molecule has 0 amide bonds. The molecule has 2 aromatic heterocycles. The zero-order valence-corrected chi connectivity index (χ0v) is 9.71. The first-order valence-corrected chi connectivity index (χ1v) is 5.81. The van der Waals surface area contributed by atoms with E-state index < -0.39 is 0 Å². The third kappa shape index (κ3) is 2.59. The van der Waals surface area contributed by atoms with E-state index in [4.69, 9.17) is 5.26 Å².